The molecule has 1 aromatic heterocycles. The smallest absolute Gasteiger partial charge is 0.417 e. The highest BCUT2D eigenvalue weighted by atomic mass is 32.2. The maximum Gasteiger partial charge on any atom is 0.417 e. The number of thiazole rings is 1. The summed E-state index contributed by atoms with van der Waals surface area (Å²) in [5.41, 5.74) is 5.58. The molecule has 2 heterocycles. The monoisotopic (exact) mass is 602 g/mol. The zero-order valence-corrected chi connectivity index (χ0v) is 24.3. The number of hydrogen-bond acceptors (Lipinski definition) is 10. The van der Waals surface area contributed by atoms with Gasteiger partial charge in [0.1, 0.15) is 22.8 Å². The molecule has 218 valence electrons. The molecule has 1 fully saturated rings. The summed E-state index contributed by atoms with van der Waals surface area (Å²) >= 11 is 1.44. The number of nitro benzene ring substituents is 1. The van der Waals surface area contributed by atoms with Gasteiger partial charge < -0.3 is 20.1 Å². The number of hydrogen-bond donors (Lipinski definition) is 3. The fourth-order valence-electron chi connectivity index (χ4n) is 4.04. The third-order valence-electron chi connectivity index (χ3n) is 5.84. The number of anilines is 2. The summed E-state index contributed by atoms with van der Waals surface area (Å²) in [5.74, 6) is 0.130. The lowest BCUT2D eigenvalue weighted by Gasteiger charge is -2.30. The van der Waals surface area contributed by atoms with E-state index in [1.165, 1.54) is 35.6 Å². The van der Waals surface area contributed by atoms with Crippen LogP contribution in [0.4, 0.5) is 26.1 Å². The molecule has 0 bridgehead atoms. The first-order chi connectivity index (χ1) is 19.4. The molecule has 1 saturated heterocycles. The van der Waals surface area contributed by atoms with E-state index in [-0.39, 0.29) is 17.5 Å². The van der Waals surface area contributed by atoms with E-state index < -0.39 is 33.6 Å². The summed E-state index contributed by atoms with van der Waals surface area (Å²) in [6.45, 7) is 6.98. The third kappa shape index (κ3) is 8.22. The first-order valence-corrected chi connectivity index (χ1v) is 14.6. The van der Waals surface area contributed by atoms with Crippen LogP contribution in [0.25, 0.3) is 10.4 Å². The fraction of sp³-hybridized carbons (Fsp3) is 0.346. The van der Waals surface area contributed by atoms with E-state index in [0.717, 1.165) is 10.0 Å². The van der Waals surface area contributed by atoms with Crippen molar-refractivity contribution in [2.75, 3.05) is 23.3 Å². The lowest BCUT2D eigenvalue weighted by Crippen LogP contribution is -2.38. The number of benzene rings is 2. The molecule has 4 N–H and O–H groups in total. The van der Waals surface area contributed by atoms with E-state index in [9.17, 15) is 23.9 Å². The number of nitrogens with zero attached hydrogens (tertiary/aromatic N) is 3. The van der Waals surface area contributed by atoms with E-state index >= 15 is 0 Å². The number of rotatable bonds is 8. The second kappa shape index (κ2) is 12.6. The first kappa shape index (κ1) is 29.9. The van der Waals surface area contributed by atoms with Gasteiger partial charge >= 0.3 is 12.2 Å². The van der Waals surface area contributed by atoms with Gasteiger partial charge in [-0.1, -0.05) is 17.4 Å². The number of carbonyl (C=O) groups excluding carboxylic acids is 2. The van der Waals surface area contributed by atoms with Gasteiger partial charge in [-0.3, -0.25) is 15.4 Å². The molecule has 0 spiro atoms. The minimum atomic E-state index is -1.64. The number of nitro groups is 1. The fourth-order valence-corrected chi connectivity index (χ4v) is 6.39. The summed E-state index contributed by atoms with van der Waals surface area (Å²) in [7, 11) is -1.64. The van der Waals surface area contributed by atoms with Crippen molar-refractivity contribution in [2.45, 2.75) is 50.2 Å². The van der Waals surface area contributed by atoms with Crippen LogP contribution in [0.5, 0.6) is 5.75 Å². The summed E-state index contributed by atoms with van der Waals surface area (Å²) < 4.78 is 26.8. The van der Waals surface area contributed by atoms with E-state index in [0.29, 0.717) is 42.1 Å². The zero-order valence-electron chi connectivity index (χ0n) is 22.6. The topological polar surface area (TPSA) is 179 Å². The molecule has 4 rings (SSSR count). The van der Waals surface area contributed by atoms with Gasteiger partial charge in [0, 0.05) is 61.1 Å². The van der Waals surface area contributed by atoms with Gasteiger partial charge in [-0.2, -0.15) is 0 Å². The summed E-state index contributed by atoms with van der Waals surface area (Å²) in [5, 5.41) is 14.2. The van der Waals surface area contributed by atoms with Crippen LogP contribution in [0, 0.1) is 10.1 Å². The van der Waals surface area contributed by atoms with Crippen molar-refractivity contribution < 1.29 is 28.2 Å². The summed E-state index contributed by atoms with van der Waals surface area (Å²) in [6, 6.07) is 10.1. The molecule has 0 saturated carbocycles. The van der Waals surface area contributed by atoms with Crippen LogP contribution in [-0.4, -0.2) is 51.0 Å². The standard InChI is InChI=1S/C26H30N6O7S2/c1-26(2,3)30-41(37)22-14-16(29-25(34)39-18-7-5-17(6-8-18)32(35)36)4-9-20(22)21-15-28-24(40-21)31-12-10-19(11-13-31)38-23(27)33/h4-9,14-15,19,30H,10-13H2,1-3H3,(H2,27,33)(H,29,34). The normalized spacial score (nSPS) is 14.8. The Labute approximate surface area is 242 Å². The number of carbonyl (C=O) groups is 2. The molecule has 1 unspecified atom stereocenters. The van der Waals surface area contributed by atoms with Crippen molar-refractivity contribution in [3.05, 3.63) is 58.8 Å². The molecule has 1 aliphatic rings. The van der Waals surface area contributed by atoms with Crippen molar-refractivity contribution >= 4 is 51.0 Å². The Morgan fingerprint density at radius 2 is 1.85 bits per heavy atom. The second-order valence-corrected chi connectivity index (χ2v) is 12.4. The summed E-state index contributed by atoms with van der Waals surface area (Å²) in [4.78, 5) is 41.8. The van der Waals surface area contributed by atoms with Crippen LogP contribution in [0.15, 0.2) is 53.6 Å². The molecular formula is C26H30N6O7S2. The number of amides is 2. The highest BCUT2D eigenvalue weighted by molar-refractivity contribution is 7.83. The van der Waals surface area contributed by atoms with Crippen molar-refractivity contribution in [1.29, 1.82) is 0 Å². The van der Waals surface area contributed by atoms with Gasteiger partial charge in [0.25, 0.3) is 5.69 Å². The van der Waals surface area contributed by atoms with Gasteiger partial charge in [-0.15, -0.1) is 0 Å². The van der Waals surface area contributed by atoms with Crippen molar-refractivity contribution in [3.8, 4) is 16.2 Å². The SMILES string of the molecule is CC(C)(C)NS(=O)c1cc(NC(=O)Oc2ccc([N+](=O)[O-])cc2)ccc1-c1cnc(N2CCC(OC(N)=O)CC2)s1. The number of nitrogens with one attached hydrogen (secondary N) is 2. The number of ether oxygens (including phenoxy) is 2. The van der Waals surface area contributed by atoms with Crippen LogP contribution in [0.1, 0.15) is 33.6 Å². The number of non-ortho nitro benzene ring substituents is 1. The molecule has 15 heteroatoms. The first-order valence-electron chi connectivity index (χ1n) is 12.6. The van der Waals surface area contributed by atoms with Crippen molar-refractivity contribution in [3.63, 3.8) is 0 Å². The molecule has 0 aliphatic carbocycles. The van der Waals surface area contributed by atoms with Gasteiger partial charge in [-0.05, 0) is 45.0 Å². The van der Waals surface area contributed by atoms with Gasteiger partial charge in [0.05, 0.1) is 14.7 Å². The molecule has 2 amide bonds. The number of primary amides is 1. The highest BCUT2D eigenvalue weighted by Crippen LogP contribution is 2.37. The molecular weight excluding hydrogens is 572 g/mol. The molecule has 3 aromatic rings. The van der Waals surface area contributed by atoms with E-state index in [1.54, 1.807) is 24.4 Å². The Morgan fingerprint density at radius 3 is 2.46 bits per heavy atom. The number of aromatic nitrogens is 1. The minimum absolute atomic E-state index is 0.125. The maximum atomic E-state index is 13.4. The third-order valence-corrected chi connectivity index (χ3v) is 8.47. The van der Waals surface area contributed by atoms with Crippen LogP contribution >= 0.6 is 11.3 Å². The van der Waals surface area contributed by atoms with Crippen LogP contribution in [-0.2, 0) is 15.7 Å². The lowest BCUT2D eigenvalue weighted by molar-refractivity contribution is -0.384. The number of piperidine rings is 1. The van der Waals surface area contributed by atoms with Crippen molar-refractivity contribution in [2.24, 2.45) is 5.73 Å². The predicted octanol–water partition coefficient (Wildman–Crippen LogP) is 4.80. The second-order valence-electron chi connectivity index (χ2n) is 10.2. The highest BCUT2D eigenvalue weighted by Gasteiger charge is 2.25. The molecule has 0 radical (unpaired) electrons. The predicted molar refractivity (Wildman–Crippen MR) is 155 cm³/mol. The number of nitrogens with two attached hydrogens (primary N) is 1. The van der Waals surface area contributed by atoms with Gasteiger partial charge in [-0.25, -0.2) is 23.5 Å². The van der Waals surface area contributed by atoms with Crippen molar-refractivity contribution in [1.82, 2.24) is 9.71 Å². The zero-order chi connectivity index (χ0) is 29.7. The van der Waals surface area contributed by atoms with E-state index in [4.69, 9.17) is 15.2 Å². The van der Waals surface area contributed by atoms with Crippen LogP contribution in [0.3, 0.4) is 0 Å². The quantitative estimate of drug-likeness (QED) is 0.241. The Bertz CT molecular complexity index is 1450. The molecule has 2 aromatic carbocycles. The lowest BCUT2D eigenvalue weighted by atomic mass is 10.1. The Balaban J connectivity index is 1.52. The maximum absolute atomic E-state index is 13.4. The Kier molecular flexibility index (Phi) is 9.20. The van der Waals surface area contributed by atoms with Crippen LogP contribution in [0.2, 0.25) is 0 Å². The average Bonchev–Trinajstić information content (AvgIpc) is 3.38. The Hall–Kier alpha value is -4.08. The largest absolute Gasteiger partial charge is 0.446 e. The summed E-state index contributed by atoms with van der Waals surface area (Å²) in [6.07, 6.45) is 1.19. The minimum Gasteiger partial charge on any atom is -0.446 e. The van der Waals surface area contributed by atoms with E-state index in [1.807, 2.05) is 20.8 Å². The van der Waals surface area contributed by atoms with Gasteiger partial charge in [0.15, 0.2) is 5.13 Å². The molecule has 13 nitrogen and oxygen atoms in total. The average molecular weight is 603 g/mol. The Morgan fingerprint density at radius 1 is 1.17 bits per heavy atom. The van der Waals surface area contributed by atoms with Gasteiger partial charge in [0.2, 0.25) is 0 Å². The molecule has 41 heavy (non-hydrogen) atoms. The van der Waals surface area contributed by atoms with Crippen LogP contribution < -0.4 is 25.4 Å². The van der Waals surface area contributed by atoms with E-state index in [2.05, 4.69) is 19.9 Å². The molecule has 1 atom stereocenters. The molecule has 1 aliphatic heterocycles.